The Balaban J connectivity index is 5.09. The lowest BCUT2D eigenvalue weighted by atomic mass is 9.98. The van der Waals surface area contributed by atoms with E-state index in [1.54, 1.807) is 0 Å². The first kappa shape index (κ1) is 59.9. The smallest absolute Gasteiger partial charge is 0.347 e. The summed E-state index contributed by atoms with van der Waals surface area (Å²) in [5, 5.41) is 0. The molecule has 0 saturated carbocycles. The van der Waals surface area contributed by atoms with Gasteiger partial charge in [0.1, 0.15) is 12.2 Å². The van der Waals surface area contributed by atoms with Crippen LogP contribution in [0.1, 0.15) is 298 Å². The first-order valence-corrected chi connectivity index (χ1v) is 27.1. The predicted octanol–water partition coefficient (Wildman–Crippen LogP) is 16.4. The normalized spacial score (nSPS) is 12.8. The molecule has 366 valence electrons. The molecule has 0 aromatic rings. The van der Waals surface area contributed by atoms with Crippen LogP contribution in [0.25, 0.3) is 0 Å². The van der Waals surface area contributed by atoms with E-state index in [-0.39, 0.29) is 17.9 Å². The molecule has 0 fully saturated rings. The molecule has 0 rings (SSSR count). The Morgan fingerprint density at radius 2 is 0.581 bits per heavy atom. The number of ether oxygens (including phenoxy) is 4. The van der Waals surface area contributed by atoms with Crippen molar-refractivity contribution in [2.45, 2.75) is 316 Å². The third-order valence-corrected chi connectivity index (χ3v) is 12.3. The standard InChI is InChI=1S/C54H102O8/c1-6-11-16-19-21-22-23-24-25-26-27-28-29-31-39-46-53(57)62-50(54(58)59-47-40-18-13-8-3)43-38-33-32-37-42-49(61-52(56)45-35-15-10-5)48(41-36-30-20-17-12-7-2)60-51(55)44-34-14-9-4/h48-50H,6-47H2,1-5H3. The summed E-state index contributed by atoms with van der Waals surface area (Å²) in [4.78, 5) is 52.1. The van der Waals surface area contributed by atoms with E-state index >= 15 is 0 Å². The molecule has 62 heavy (non-hydrogen) atoms. The summed E-state index contributed by atoms with van der Waals surface area (Å²) < 4.78 is 23.6. The molecule has 0 heterocycles. The van der Waals surface area contributed by atoms with Crippen LogP contribution >= 0.6 is 0 Å². The molecule has 0 saturated heterocycles. The predicted molar refractivity (Wildman–Crippen MR) is 258 cm³/mol. The van der Waals surface area contributed by atoms with Gasteiger partial charge >= 0.3 is 23.9 Å². The zero-order valence-corrected chi connectivity index (χ0v) is 41.7. The van der Waals surface area contributed by atoms with Crippen LogP contribution in [0.5, 0.6) is 0 Å². The van der Waals surface area contributed by atoms with Crippen molar-refractivity contribution in [2.24, 2.45) is 0 Å². The second-order valence-corrected chi connectivity index (χ2v) is 18.4. The SMILES string of the molecule is CCCCCCCCCCCCCCCCCC(=O)OC(CCCCCCC(OC(=O)CCCCC)C(CCCCCCCC)OC(=O)CCCCC)C(=O)OCCCCCC. The van der Waals surface area contributed by atoms with E-state index in [1.807, 2.05) is 0 Å². The highest BCUT2D eigenvalue weighted by Crippen LogP contribution is 2.23. The van der Waals surface area contributed by atoms with Crippen molar-refractivity contribution in [3.05, 3.63) is 0 Å². The van der Waals surface area contributed by atoms with Gasteiger partial charge in [0, 0.05) is 19.3 Å². The molecule has 0 aliphatic heterocycles. The van der Waals surface area contributed by atoms with Crippen LogP contribution in [-0.4, -0.2) is 48.8 Å². The fraction of sp³-hybridized carbons (Fsp3) is 0.926. The molecule has 0 aliphatic rings. The monoisotopic (exact) mass is 879 g/mol. The minimum absolute atomic E-state index is 0.195. The van der Waals surface area contributed by atoms with Crippen LogP contribution in [0, 0.1) is 0 Å². The van der Waals surface area contributed by atoms with Gasteiger partial charge in [-0.25, -0.2) is 4.79 Å². The number of unbranched alkanes of at least 4 members (excludes halogenated alkanes) is 29. The fourth-order valence-corrected chi connectivity index (χ4v) is 8.17. The van der Waals surface area contributed by atoms with Crippen LogP contribution in [0.2, 0.25) is 0 Å². The zero-order valence-electron chi connectivity index (χ0n) is 41.7. The van der Waals surface area contributed by atoms with Crippen LogP contribution in [0.3, 0.4) is 0 Å². The third kappa shape index (κ3) is 39.5. The van der Waals surface area contributed by atoms with Gasteiger partial charge in [-0.2, -0.15) is 0 Å². The molecule has 3 atom stereocenters. The molecule has 0 aliphatic carbocycles. The number of carbonyl (C=O) groups excluding carboxylic acids is 4. The maximum atomic E-state index is 13.1. The second kappa shape index (κ2) is 46.9. The van der Waals surface area contributed by atoms with Gasteiger partial charge in [0.05, 0.1) is 6.61 Å². The molecule has 0 spiro atoms. The van der Waals surface area contributed by atoms with Gasteiger partial charge in [-0.05, 0) is 64.2 Å². The average molecular weight is 879 g/mol. The fourth-order valence-electron chi connectivity index (χ4n) is 8.17. The molecule has 3 unspecified atom stereocenters. The quantitative estimate of drug-likeness (QED) is 0.0338. The molecule has 0 N–H and O–H groups in total. The summed E-state index contributed by atoms with van der Waals surface area (Å²) in [5.41, 5.74) is 0. The highest BCUT2D eigenvalue weighted by atomic mass is 16.6. The van der Waals surface area contributed by atoms with Gasteiger partial charge in [0.25, 0.3) is 0 Å². The Morgan fingerprint density at radius 1 is 0.306 bits per heavy atom. The lowest BCUT2D eigenvalue weighted by Crippen LogP contribution is -2.35. The van der Waals surface area contributed by atoms with E-state index in [2.05, 4.69) is 34.6 Å². The zero-order chi connectivity index (χ0) is 45.6. The third-order valence-electron chi connectivity index (χ3n) is 12.3. The maximum absolute atomic E-state index is 13.1. The van der Waals surface area contributed by atoms with Crippen molar-refractivity contribution in [3.63, 3.8) is 0 Å². The number of hydrogen-bond acceptors (Lipinski definition) is 8. The summed E-state index contributed by atoms with van der Waals surface area (Å²) >= 11 is 0. The topological polar surface area (TPSA) is 105 Å². The summed E-state index contributed by atoms with van der Waals surface area (Å²) in [5.74, 6) is -1.14. The van der Waals surface area contributed by atoms with Gasteiger partial charge in [-0.1, -0.05) is 214 Å². The summed E-state index contributed by atoms with van der Waals surface area (Å²) in [6.45, 7) is 11.2. The van der Waals surface area contributed by atoms with Crippen molar-refractivity contribution in [1.29, 1.82) is 0 Å². The van der Waals surface area contributed by atoms with Crippen LogP contribution in [-0.2, 0) is 38.1 Å². The summed E-state index contributed by atoms with van der Waals surface area (Å²) in [6.07, 6.45) is 39.9. The summed E-state index contributed by atoms with van der Waals surface area (Å²) in [7, 11) is 0. The number of hydrogen-bond donors (Lipinski definition) is 0. The van der Waals surface area contributed by atoms with Crippen LogP contribution in [0.15, 0.2) is 0 Å². The molecule has 8 nitrogen and oxygen atoms in total. The number of esters is 4. The van der Waals surface area contributed by atoms with E-state index < -0.39 is 24.3 Å². The van der Waals surface area contributed by atoms with E-state index in [9.17, 15) is 19.2 Å². The van der Waals surface area contributed by atoms with E-state index in [0.717, 1.165) is 128 Å². The lowest BCUT2D eigenvalue weighted by molar-refractivity contribution is -0.169. The minimum atomic E-state index is -0.879. The number of carbonyl (C=O) groups is 4. The molecular weight excluding hydrogens is 777 g/mol. The van der Waals surface area contributed by atoms with Crippen molar-refractivity contribution in [1.82, 2.24) is 0 Å². The first-order chi connectivity index (χ1) is 30.3. The Bertz CT molecular complexity index is 1010. The maximum Gasteiger partial charge on any atom is 0.347 e. The van der Waals surface area contributed by atoms with Crippen molar-refractivity contribution in [3.8, 4) is 0 Å². The first-order valence-electron chi connectivity index (χ1n) is 27.1. The molecule has 0 bridgehead atoms. The Kier molecular flexibility index (Phi) is 45.3. The molecule has 0 aromatic heterocycles. The Hall–Kier alpha value is -2.12. The van der Waals surface area contributed by atoms with Crippen LogP contribution < -0.4 is 0 Å². The lowest BCUT2D eigenvalue weighted by Gasteiger charge is -2.27. The van der Waals surface area contributed by atoms with Crippen molar-refractivity contribution >= 4 is 23.9 Å². The molecule has 0 amide bonds. The minimum Gasteiger partial charge on any atom is -0.463 e. The van der Waals surface area contributed by atoms with Gasteiger partial charge < -0.3 is 18.9 Å². The molecule has 8 heteroatoms. The van der Waals surface area contributed by atoms with Gasteiger partial charge in [-0.15, -0.1) is 0 Å². The Labute approximate surface area is 383 Å². The largest absolute Gasteiger partial charge is 0.463 e. The van der Waals surface area contributed by atoms with Crippen LogP contribution in [0.4, 0.5) is 0 Å². The van der Waals surface area contributed by atoms with Gasteiger partial charge in [0.2, 0.25) is 0 Å². The Morgan fingerprint density at radius 3 is 0.968 bits per heavy atom. The molecule has 0 radical (unpaired) electrons. The van der Waals surface area contributed by atoms with E-state index in [0.29, 0.717) is 45.1 Å². The highest BCUT2D eigenvalue weighted by Gasteiger charge is 2.29. The van der Waals surface area contributed by atoms with E-state index in [1.165, 1.54) is 96.3 Å². The van der Waals surface area contributed by atoms with Crippen molar-refractivity contribution in [2.75, 3.05) is 6.61 Å². The second-order valence-electron chi connectivity index (χ2n) is 18.4. The van der Waals surface area contributed by atoms with Crippen molar-refractivity contribution < 1.29 is 38.1 Å². The average Bonchev–Trinajstić information content (AvgIpc) is 3.26. The van der Waals surface area contributed by atoms with E-state index in [4.69, 9.17) is 18.9 Å². The summed E-state index contributed by atoms with van der Waals surface area (Å²) in [6, 6.07) is 0. The molecule has 0 aromatic carbocycles. The molecular formula is C54H102O8. The number of rotatable bonds is 48. The van der Waals surface area contributed by atoms with Gasteiger partial charge in [-0.3, -0.25) is 14.4 Å². The van der Waals surface area contributed by atoms with Gasteiger partial charge in [0.15, 0.2) is 6.10 Å². The highest BCUT2D eigenvalue weighted by molar-refractivity contribution is 5.79.